The van der Waals surface area contributed by atoms with E-state index >= 15 is 0 Å². The highest BCUT2D eigenvalue weighted by molar-refractivity contribution is 6.37. The lowest BCUT2D eigenvalue weighted by molar-refractivity contribution is 0.155. The maximum atomic E-state index is 2.73. The minimum atomic E-state index is 0.876. The normalized spacial score (nSPS) is 35.0. The average Bonchev–Trinajstić information content (AvgIpc) is 2.95. The first-order valence-corrected chi connectivity index (χ1v) is 13.5. The summed E-state index contributed by atoms with van der Waals surface area (Å²) in [5, 5.41) is 0. The lowest BCUT2D eigenvalue weighted by atomic mass is 9.50. The van der Waals surface area contributed by atoms with Gasteiger partial charge in [-0.05, 0) is 73.5 Å². The zero-order valence-electron chi connectivity index (χ0n) is 19.8. The van der Waals surface area contributed by atoms with Crippen molar-refractivity contribution in [3.05, 3.63) is 0 Å². The molecule has 4 unspecified atom stereocenters. The Labute approximate surface area is 178 Å². The Morgan fingerprint density at radius 1 is 0.857 bits per heavy atom. The van der Waals surface area contributed by atoms with Crippen LogP contribution in [0.3, 0.4) is 0 Å². The van der Waals surface area contributed by atoms with E-state index in [2.05, 4.69) is 35.0 Å². The molecule has 0 nitrogen and oxygen atoms in total. The number of hydrogen-bond donors (Lipinski definition) is 0. The van der Waals surface area contributed by atoms with Crippen LogP contribution < -0.4 is 0 Å². The monoisotopic (exact) mass is 385 g/mol. The van der Waals surface area contributed by atoms with Gasteiger partial charge in [-0.1, -0.05) is 97.6 Å². The van der Waals surface area contributed by atoms with Crippen LogP contribution in [0.25, 0.3) is 0 Å². The summed E-state index contributed by atoms with van der Waals surface area (Å²) in [4.78, 5) is 0. The second kappa shape index (κ2) is 11.5. The van der Waals surface area contributed by atoms with E-state index in [4.69, 9.17) is 0 Å². The summed E-state index contributed by atoms with van der Waals surface area (Å²) in [5.74, 6) is 7.99. The molecule has 161 valence electrons. The molecule has 1 radical (unpaired) electrons. The minimum Gasteiger partial charge on any atom is -0.0827 e. The van der Waals surface area contributed by atoms with Gasteiger partial charge in [0.1, 0.15) is 7.28 Å². The van der Waals surface area contributed by atoms with Crippen LogP contribution in [-0.4, -0.2) is 7.28 Å². The van der Waals surface area contributed by atoms with E-state index in [-0.39, 0.29) is 0 Å². The second-order valence-corrected chi connectivity index (χ2v) is 11.4. The van der Waals surface area contributed by atoms with Crippen LogP contribution in [-0.2, 0) is 0 Å². The van der Waals surface area contributed by atoms with Crippen molar-refractivity contribution in [2.45, 2.75) is 130 Å². The van der Waals surface area contributed by atoms with Crippen molar-refractivity contribution in [1.82, 2.24) is 0 Å². The molecule has 0 N–H and O–H groups in total. The summed E-state index contributed by atoms with van der Waals surface area (Å²) in [7, 11) is 2.73. The predicted octanol–water partition coefficient (Wildman–Crippen LogP) is 8.79. The van der Waals surface area contributed by atoms with Crippen molar-refractivity contribution >= 4 is 7.28 Å². The fourth-order valence-corrected chi connectivity index (χ4v) is 7.81. The summed E-state index contributed by atoms with van der Waals surface area (Å²) >= 11 is 0. The van der Waals surface area contributed by atoms with Gasteiger partial charge in [-0.15, -0.1) is 0 Å². The van der Waals surface area contributed by atoms with E-state index in [0.717, 1.165) is 47.2 Å². The molecule has 0 saturated heterocycles. The molecule has 0 spiro atoms. The molecule has 0 aromatic heterocycles. The number of rotatable bonds is 10. The third-order valence-corrected chi connectivity index (χ3v) is 9.24. The Morgan fingerprint density at radius 3 is 2.18 bits per heavy atom. The zero-order chi connectivity index (χ0) is 19.9. The van der Waals surface area contributed by atoms with Crippen LogP contribution in [0.4, 0.5) is 0 Å². The smallest absolute Gasteiger partial charge is 0.0827 e. The van der Waals surface area contributed by atoms with Gasteiger partial charge in [0, 0.05) is 0 Å². The van der Waals surface area contributed by atoms with Crippen LogP contribution in [0.2, 0.25) is 12.1 Å². The van der Waals surface area contributed by atoms with E-state index in [9.17, 15) is 0 Å². The second-order valence-electron chi connectivity index (χ2n) is 11.4. The predicted molar refractivity (Wildman–Crippen MR) is 126 cm³/mol. The maximum Gasteiger partial charge on any atom is 0.113 e. The lowest BCUT2D eigenvalue weighted by Gasteiger charge is -2.40. The van der Waals surface area contributed by atoms with Gasteiger partial charge in [-0.2, -0.15) is 0 Å². The van der Waals surface area contributed by atoms with Crippen molar-refractivity contribution in [2.75, 3.05) is 0 Å². The first kappa shape index (κ1) is 22.7. The van der Waals surface area contributed by atoms with Crippen molar-refractivity contribution in [3.8, 4) is 0 Å². The van der Waals surface area contributed by atoms with Gasteiger partial charge in [-0.25, -0.2) is 0 Å². The first-order valence-electron chi connectivity index (χ1n) is 13.5. The molecule has 0 aromatic carbocycles. The molecule has 0 heterocycles. The summed E-state index contributed by atoms with van der Waals surface area (Å²) < 4.78 is 0. The zero-order valence-corrected chi connectivity index (χ0v) is 19.8. The fraction of sp³-hybridized carbons (Fsp3) is 1.00. The first-order chi connectivity index (χ1) is 13.6. The standard InChI is InChI=1S/C27H50B/c1-5-23(27(28-6-2)21(4)18-22-16-20(3)17-22)19-25-14-11-15-26(25)24-12-9-7-8-10-13-24/h20-27H,5-19H2,1-4H3/t20?,21?,22?,23?,25?,26?,27-/m0/s1. The van der Waals surface area contributed by atoms with Crippen molar-refractivity contribution in [3.63, 3.8) is 0 Å². The highest BCUT2D eigenvalue weighted by Crippen LogP contribution is 2.48. The maximum absolute atomic E-state index is 2.73. The van der Waals surface area contributed by atoms with Crippen molar-refractivity contribution < 1.29 is 0 Å². The minimum absolute atomic E-state index is 0.876. The molecule has 0 bridgehead atoms. The molecule has 3 fully saturated rings. The summed E-state index contributed by atoms with van der Waals surface area (Å²) in [5.41, 5.74) is 0. The summed E-state index contributed by atoms with van der Waals surface area (Å²) in [6.07, 6.45) is 22.5. The molecule has 0 aromatic rings. The van der Waals surface area contributed by atoms with Crippen LogP contribution >= 0.6 is 0 Å². The summed E-state index contributed by atoms with van der Waals surface area (Å²) in [6, 6.07) is 0. The Hall–Kier alpha value is 0.0649. The molecule has 5 atom stereocenters. The number of hydrogen-bond acceptors (Lipinski definition) is 0. The van der Waals surface area contributed by atoms with Gasteiger partial charge in [0.2, 0.25) is 0 Å². The van der Waals surface area contributed by atoms with Crippen LogP contribution in [0.5, 0.6) is 0 Å². The van der Waals surface area contributed by atoms with E-state index in [1.807, 2.05) is 0 Å². The molecule has 3 rings (SSSR count). The molecule has 1 heteroatoms. The van der Waals surface area contributed by atoms with E-state index in [1.165, 1.54) is 64.1 Å². The summed E-state index contributed by atoms with van der Waals surface area (Å²) in [6.45, 7) is 9.91. The Balaban J connectivity index is 1.59. The highest BCUT2D eigenvalue weighted by atomic mass is 14.4. The van der Waals surface area contributed by atoms with E-state index < -0.39 is 0 Å². The van der Waals surface area contributed by atoms with Gasteiger partial charge < -0.3 is 0 Å². The Kier molecular flexibility index (Phi) is 9.30. The van der Waals surface area contributed by atoms with Gasteiger partial charge in [0.25, 0.3) is 0 Å². The quantitative estimate of drug-likeness (QED) is 0.260. The lowest BCUT2D eigenvalue weighted by Crippen LogP contribution is -2.30. The van der Waals surface area contributed by atoms with E-state index in [1.54, 1.807) is 32.1 Å². The Bertz CT molecular complexity index is 418. The Morgan fingerprint density at radius 2 is 1.57 bits per heavy atom. The third kappa shape index (κ3) is 6.04. The van der Waals surface area contributed by atoms with Gasteiger partial charge in [0.15, 0.2) is 0 Å². The molecular formula is C27H50B. The molecule has 3 aliphatic rings. The molecular weight excluding hydrogens is 335 g/mol. The topological polar surface area (TPSA) is 0 Å². The van der Waals surface area contributed by atoms with Gasteiger partial charge in [0.05, 0.1) is 0 Å². The highest BCUT2D eigenvalue weighted by Gasteiger charge is 2.37. The SMILES string of the molecule is CC[B][C@@H](C(C)CC1CC(C)C1)C(CC)CC1CCCC1C1CCCCCC1. The van der Waals surface area contributed by atoms with Gasteiger partial charge in [-0.3, -0.25) is 0 Å². The molecule has 0 amide bonds. The molecule has 28 heavy (non-hydrogen) atoms. The van der Waals surface area contributed by atoms with Crippen molar-refractivity contribution in [2.24, 2.45) is 41.4 Å². The van der Waals surface area contributed by atoms with Crippen LogP contribution in [0.15, 0.2) is 0 Å². The van der Waals surface area contributed by atoms with E-state index in [0.29, 0.717) is 0 Å². The van der Waals surface area contributed by atoms with Crippen molar-refractivity contribution in [1.29, 1.82) is 0 Å². The fourth-order valence-electron chi connectivity index (χ4n) is 7.81. The molecule has 3 aliphatic carbocycles. The molecule has 3 saturated carbocycles. The average molecular weight is 386 g/mol. The third-order valence-electron chi connectivity index (χ3n) is 9.24. The van der Waals surface area contributed by atoms with Gasteiger partial charge >= 0.3 is 0 Å². The van der Waals surface area contributed by atoms with Crippen LogP contribution in [0, 0.1) is 41.4 Å². The van der Waals surface area contributed by atoms with Crippen LogP contribution in [0.1, 0.15) is 118 Å². The largest absolute Gasteiger partial charge is 0.113 e. The molecule has 0 aliphatic heterocycles.